The Labute approximate surface area is 333 Å². The van der Waals surface area contributed by atoms with E-state index < -0.39 is 0 Å². The van der Waals surface area contributed by atoms with E-state index in [2.05, 4.69) is 76.2 Å². The fourth-order valence-electron chi connectivity index (χ4n) is 8.91. The third kappa shape index (κ3) is 18.7. The summed E-state index contributed by atoms with van der Waals surface area (Å²) in [5, 5.41) is 0. The molecule has 2 aromatic rings. The van der Waals surface area contributed by atoms with Gasteiger partial charge in [0.1, 0.15) is 11.5 Å². The Morgan fingerprint density at radius 2 is 0.741 bits per heavy atom. The number of hydrogen-bond donors (Lipinski definition) is 0. The Hall–Kier alpha value is -2.04. The van der Waals surface area contributed by atoms with Crippen molar-refractivity contribution in [3.63, 3.8) is 0 Å². The molecule has 0 saturated heterocycles. The Kier molecular flexibility index (Phi) is 22.8. The molecule has 0 aromatic heterocycles. The molecule has 0 spiro atoms. The lowest BCUT2D eigenvalue weighted by Gasteiger charge is -2.28. The normalized spacial score (nSPS) is 21.5. The van der Waals surface area contributed by atoms with Crippen molar-refractivity contribution in [1.82, 2.24) is 0 Å². The lowest BCUT2D eigenvalue weighted by atomic mass is 9.78. The molecular formula is C50H82O4. The highest BCUT2D eigenvalue weighted by atomic mass is 16.5. The summed E-state index contributed by atoms with van der Waals surface area (Å²) in [6.45, 7) is 11.6. The van der Waals surface area contributed by atoms with Crippen LogP contribution in [0, 0.1) is 23.7 Å². The standard InChI is InChI=1S/C50H82O4/c1-5-7-9-11-13-17-43-21-25-45(26-22-43)19-15-37-51-49-33-29-47(30-34-49)39-53-41(3)42(4)54-40-48-31-35-50(36-32-48)52-38-16-20-46-27-23-44(24-28-46)18-14-12-10-8-6-2/h29-36,41-46H,5-28,37-40H2,1-4H3. The first kappa shape index (κ1) is 44.7. The summed E-state index contributed by atoms with van der Waals surface area (Å²) in [6, 6.07) is 16.9. The fourth-order valence-corrected chi connectivity index (χ4v) is 8.91. The third-order valence-electron chi connectivity index (χ3n) is 12.9. The van der Waals surface area contributed by atoms with E-state index in [1.807, 2.05) is 0 Å². The van der Waals surface area contributed by atoms with Crippen molar-refractivity contribution in [2.24, 2.45) is 23.7 Å². The maximum atomic E-state index is 6.19. The summed E-state index contributed by atoms with van der Waals surface area (Å²) in [5.41, 5.74) is 2.32. The van der Waals surface area contributed by atoms with E-state index in [9.17, 15) is 0 Å². The van der Waals surface area contributed by atoms with Crippen LogP contribution in [0.2, 0.25) is 0 Å². The minimum atomic E-state index is -0.00464. The van der Waals surface area contributed by atoms with Crippen molar-refractivity contribution in [1.29, 1.82) is 0 Å². The summed E-state index contributed by atoms with van der Waals surface area (Å²) >= 11 is 0. The van der Waals surface area contributed by atoms with E-state index in [0.717, 1.165) is 72.4 Å². The first-order valence-electron chi connectivity index (χ1n) is 23.2. The van der Waals surface area contributed by atoms with Crippen LogP contribution in [0.1, 0.15) is 193 Å². The van der Waals surface area contributed by atoms with Crippen LogP contribution in [0.25, 0.3) is 0 Å². The number of benzene rings is 2. The second-order valence-electron chi connectivity index (χ2n) is 17.5. The van der Waals surface area contributed by atoms with Gasteiger partial charge in [-0.1, -0.05) is 167 Å². The van der Waals surface area contributed by atoms with E-state index in [-0.39, 0.29) is 12.2 Å². The summed E-state index contributed by atoms with van der Waals surface area (Å²) < 4.78 is 24.6. The SMILES string of the molecule is CCCCCCCC1CCC(CCCOc2ccc(COC(C)C(C)OCc3ccc(OCCCC4CCC(CCCCCCC)CC4)cc3)cc2)CC1. The van der Waals surface area contributed by atoms with E-state index in [0.29, 0.717) is 13.2 Å². The highest BCUT2D eigenvalue weighted by Crippen LogP contribution is 2.35. The van der Waals surface area contributed by atoms with Crippen molar-refractivity contribution >= 4 is 0 Å². The highest BCUT2D eigenvalue weighted by molar-refractivity contribution is 5.27. The minimum Gasteiger partial charge on any atom is -0.494 e. The first-order valence-corrected chi connectivity index (χ1v) is 23.2. The van der Waals surface area contributed by atoms with Gasteiger partial charge in [0.15, 0.2) is 0 Å². The van der Waals surface area contributed by atoms with Gasteiger partial charge < -0.3 is 18.9 Å². The van der Waals surface area contributed by atoms with Crippen LogP contribution >= 0.6 is 0 Å². The van der Waals surface area contributed by atoms with Gasteiger partial charge in [-0.15, -0.1) is 0 Å². The molecule has 2 aliphatic rings. The smallest absolute Gasteiger partial charge is 0.119 e. The largest absolute Gasteiger partial charge is 0.494 e. The van der Waals surface area contributed by atoms with Crippen LogP contribution in [0.3, 0.4) is 0 Å². The average molecular weight is 747 g/mol. The molecule has 4 nitrogen and oxygen atoms in total. The predicted molar refractivity (Wildman–Crippen MR) is 228 cm³/mol. The molecule has 306 valence electrons. The predicted octanol–water partition coefficient (Wildman–Crippen LogP) is 14.8. The molecule has 0 amide bonds. The van der Waals surface area contributed by atoms with Gasteiger partial charge in [0.2, 0.25) is 0 Å². The van der Waals surface area contributed by atoms with Crippen molar-refractivity contribution in [2.75, 3.05) is 13.2 Å². The van der Waals surface area contributed by atoms with Crippen molar-refractivity contribution in [3.05, 3.63) is 59.7 Å². The molecule has 2 atom stereocenters. The van der Waals surface area contributed by atoms with E-state index >= 15 is 0 Å². The van der Waals surface area contributed by atoms with Crippen molar-refractivity contribution in [2.45, 2.75) is 207 Å². The zero-order valence-electron chi connectivity index (χ0n) is 35.5. The molecule has 54 heavy (non-hydrogen) atoms. The van der Waals surface area contributed by atoms with E-state index in [1.54, 1.807) is 0 Å². The van der Waals surface area contributed by atoms with Crippen LogP contribution in [-0.2, 0) is 22.7 Å². The van der Waals surface area contributed by atoms with Gasteiger partial charge in [0, 0.05) is 0 Å². The highest BCUT2D eigenvalue weighted by Gasteiger charge is 2.22. The number of rotatable bonds is 29. The van der Waals surface area contributed by atoms with Gasteiger partial charge in [-0.05, 0) is 98.6 Å². The Morgan fingerprint density at radius 1 is 0.426 bits per heavy atom. The van der Waals surface area contributed by atoms with E-state index in [4.69, 9.17) is 18.9 Å². The molecule has 0 radical (unpaired) electrons. The van der Waals surface area contributed by atoms with E-state index in [1.165, 1.54) is 141 Å². The number of unbranched alkanes of at least 4 members (excludes halogenated alkanes) is 8. The molecule has 4 heteroatoms. The zero-order valence-corrected chi connectivity index (χ0v) is 35.5. The average Bonchev–Trinajstić information content (AvgIpc) is 3.21. The van der Waals surface area contributed by atoms with Crippen LogP contribution in [0.15, 0.2) is 48.5 Å². The van der Waals surface area contributed by atoms with Gasteiger partial charge in [0.25, 0.3) is 0 Å². The van der Waals surface area contributed by atoms with Crippen LogP contribution in [0.4, 0.5) is 0 Å². The lowest BCUT2D eigenvalue weighted by molar-refractivity contribution is -0.0687. The molecule has 2 unspecified atom stereocenters. The summed E-state index contributed by atoms with van der Waals surface area (Å²) in [4.78, 5) is 0. The number of hydrogen-bond acceptors (Lipinski definition) is 4. The second kappa shape index (κ2) is 27.5. The summed E-state index contributed by atoms with van der Waals surface area (Å²) in [5.74, 6) is 5.74. The molecule has 2 aliphatic carbocycles. The molecule has 0 aliphatic heterocycles. The molecule has 2 fully saturated rings. The molecule has 2 saturated carbocycles. The monoisotopic (exact) mass is 747 g/mol. The lowest BCUT2D eigenvalue weighted by Crippen LogP contribution is -2.26. The molecular weight excluding hydrogens is 665 g/mol. The van der Waals surface area contributed by atoms with Gasteiger partial charge in [0.05, 0.1) is 38.6 Å². The third-order valence-corrected chi connectivity index (χ3v) is 12.9. The Bertz CT molecular complexity index is 1070. The maximum Gasteiger partial charge on any atom is 0.119 e. The molecule has 0 bridgehead atoms. The summed E-state index contributed by atoms with van der Waals surface area (Å²) in [6.07, 6.45) is 33.6. The first-order chi connectivity index (χ1) is 26.5. The van der Waals surface area contributed by atoms with Crippen LogP contribution in [0.5, 0.6) is 11.5 Å². The molecule has 4 rings (SSSR count). The maximum absolute atomic E-state index is 6.19. The summed E-state index contributed by atoms with van der Waals surface area (Å²) in [7, 11) is 0. The van der Waals surface area contributed by atoms with Gasteiger partial charge in [-0.25, -0.2) is 0 Å². The second-order valence-corrected chi connectivity index (χ2v) is 17.5. The Morgan fingerprint density at radius 3 is 1.07 bits per heavy atom. The Balaban J connectivity index is 0.984. The van der Waals surface area contributed by atoms with Gasteiger partial charge in [-0.3, -0.25) is 0 Å². The quantitative estimate of drug-likeness (QED) is 0.0777. The fraction of sp³-hybridized carbons (Fsp3) is 0.760. The molecule has 0 N–H and O–H groups in total. The van der Waals surface area contributed by atoms with Gasteiger partial charge >= 0.3 is 0 Å². The van der Waals surface area contributed by atoms with Crippen molar-refractivity contribution < 1.29 is 18.9 Å². The van der Waals surface area contributed by atoms with Crippen molar-refractivity contribution in [3.8, 4) is 11.5 Å². The number of ether oxygens (including phenoxy) is 4. The van der Waals surface area contributed by atoms with Crippen LogP contribution < -0.4 is 9.47 Å². The minimum absolute atomic E-state index is 0.00464. The molecule has 2 aromatic carbocycles. The molecule has 0 heterocycles. The van der Waals surface area contributed by atoms with Crippen LogP contribution in [-0.4, -0.2) is 25.4 Å². The van der Waals surface area contributed by atoms with Gasteiger partial charge in [-0.2, -0.15) is 0 Å². The topological polar surface area (TPSA) is 36.9 Å². The zero-order chi connectivity index (χ0) is 38.1.